The number of hydrogen-bond acceptors (Lipinski definition) is 0. The molecule has 0 saturated heterocycles. The molecule has 100 valence electrons. The highest BCUT2D eigenvalue weighted by Crippen LogP contribution is 2.41. The Balaban J connectivity index is 1.75. The van der Waals surface area contributed by atoms with E-state index in [1.807, 2.05) is 0 Å². The molecule has 0 nitrogen and oxygen atoms in total. The molecule has 0 N–H and O–H groups in total. The fourth-order valence-corrected chi connectivity index (χ4v) is 4.43. The average molecular weight is 236 g/mol. The van der Waals surface area contributed by atoms with Gasteiger partial charge < -0.3 is 0 Å². The molecule has 0 atom stereocenters. The van der Waals surface area contributed by atoms with E-state index in [1.165, 1.54) is 77.0 Å². The van der Waals surface area contributed by atoms with Gasteiger partial charge in [-0.15, -0.1) is 0 Å². The van der Waals surface area contributed by atoms with Gasteiger partial charge in [-0.1, -0.05) is 78.1 Å². The van der Waals surface area contributed by atoms with E-state index in [4.69, 9.17) is 0 Å². The molecule has 0 aromatic heterocycles. The smallest absolute Gasteiger partial charge is 0.0349 e. The summed E-state index contributed by atoms with van der Waals surface area (Å²) >= 11 is 0. The van der Waals surface area contributed by atoms with Crippen LogP contribution in [0.25, 0.3) is 0 Å². The number of hydrogen-bond donors (Lipinski definition) is 0. The lowest BCUT2D eigenvalue weighted by atomic mass is 9.70. The molecule has 0 unspecified atom stereocenters. The summed E-state index contributed by atoms with van der Waals surface area (Å²) in [5.41, 5.74) is 0.615. The van der Waals surface area contributed by atoms with Gasteiger partial charge in [-0.25, -0.2) is 0 Å². The van der Waals surface area contributed by atoms with Gasteiger partial charge >= 0.3 is 0 Å². The third-order valence-corrected chi connectivity index (χ3v) is 5.13. The summed E-state index contributed by atoms with van der Waals surface area (Å²) in [5.74, 6) is 2.12. The highest BCUT2D eigenvalue weighted by molar-refractivity contribution is 4.80. The lowest BCUT2D eigenvalue weighted by Gasteiger charge is -2.35. The highest BCUT2D eigenvalue weighted by atomic mass is 14.3. The van der Waals surface area contributed by atoms with Crippen LogP contribution >= 0.6 is 0 Å². The van der Waals surface area contributed by atoms with Gasteiger partial charge in [0.1, 0.15) is 0 Å². The molecule has 2 aliphatic carbocycles. The minimum Gasteiger partial charge on any atom is -0.0599 e. The van der Waals surface area contributed by atoms with Crippen LogP contribution in [0.5, 0.6) is 0 Å². The Morgan fingerprint density at radius 1 is 0.647 bits per heavy atom. The van der Waals surface area contributed by atoms with Crippen molar-refractivity contribution < 1.29 is 0 Å². The van der Waals surface area contributed by atoms with Crippen molar-refractivity contribution in [3.63, 3.8) is 0 Å². The highest BCUT2D eigenvalue weighted by Gasteiger charge is 2.28. The third-order valence-electron chi connectivity index (χ3n) is 5.13. The van der Waals surface area contributed by atoms with Gasteiger partial charge in [-0.3, -0.25) is 0 Å². The van der Waals surface area contributed by atoms with E-state index in [0.717, 1.165) is 11.8 Å². The number of rotatable bonds is 4. The lowest BCUT2D eigenvalue weighted by Crippen LogP contribution is -2.23. The molecule has 0 aromatic carbocycles. The van der Waals surface area contributed by atoms with Crippen molar-refractivity contribution in [3.8, 4) is 0 Å². The Morgan fingerprint density at radius 3 is 1.35 bits per heavy atom. The molecular weight excluding hydrogens is 204 g/mol. The Kier molecular flexibility index (Phi) is 4.94. The van der Waals surface area contributed by atoms with Gasteiger partial charge in [0, 0.05) is 0 Å². The molecule has 0 radical (unpaired) electrons. The Morgan fingerprint density at radius 2 is 1.00 bits per heavy atom. The van der Waals surface area contributed by atoms with Crippen LogP contribution in [0.2, 0.25) is 0 Å². The van der Waals surface area contributed by atoms with E-state index >= 15 is 0 Å². The molecule has 2 fully saturated rings. The minimum absolute atomic E-state index is 0.615. The fraction of sp³-hybridized carbons (Fsp3) is 1.00. The first-order valence-electron chi connectivity index (χ1n) is 8.16. The van der Waals surface area contributed by atoms with E-state index in [-0.39, 0.29) is 0 Å². The second-order valence-corrected chi connectivity index (χ2v) is 7.58. The van der Waals surface area contributed by atoms with Crippen molar-refractivity contribution in [2.24, 2.45) is 17.3 Å². The minimum atomic E-state index is 0.615. The summed E-state index contributed by atoms with van der Waals surface area (Å²) < 4.78 is 0. The zero-order valence-corrected chi connectivity index (χ0v) is 12.1. The molecule has 0 spiro atoms. The van der Waals surface area contributed by atoms with Crippen LogP contribution in [0.1, 0.15) is 90.9 Å². The van der Waals surface area contributed by atoms with E-state index in [0.29, 0.717) is 5.41 Å². The third kappa shape index (κ3) is 4.64. The molecule has 0 aliphatic heterocycles. The zero-order valence-electron chi connectivity index (χ0n) is 12.1. The second-order valence-electron chi connectivity index (χ2n) is 7.58. The summed E-state index contributed by atoms with van der Waals surface area (Å²) in [7, 11) is 0. The molecule has 2 rings (SSSR count). The molecule has 0 amide bonds. The van der Waals surface area contributed by atoms with Crippen molar-refractivity contribution in [1.82, 2.24) is 0 Å². The van der Waals surface area contributed by atoms with Gasteiger partial charge in [-0.05, 0) is 30.1 Å². The van der Waals surface area contributed by atoms with Crippen LogP contribution in [0, 0.1) is 17.3 Å². The zero-order chi connectivity index (χ0) is 12.1. The maximum atomic E-state index is 2.54. The lowest BCUT2D eigenvalue weighted by molar-refractivity contribution is 0.163. The molecule has 17 heavy (non-hydrogen) atoms. The summed E-state index contributed by atoms with van der Waals surface area (Å²) in [6.07, 6.45) is 18.1. The fourth-order valence-electron chi connectivity index (χ4n) is 4.43. The Hall–Kier alpha value is 0. The summed E-state index contributed by atoms with van der Waals surface area (Å²) in [5, 5.41) is 0. The van der Waals surface area contributed by atoms with Gasteiger partial charge in [0.15, 0.2) is 0 Å². The summed E-state index contributed by atoms with van der Waals surface area (Å²) in [4.78, 5) is 0. The van der Waals surface area contributed by atoms with Gasteiger partial charge in [0.05, 0.1) is 0 Å². The average Bonchev–Trinajstić information content (AvgIpc) is 2.30. The maximum Gasteiger partial charge on any atom is -0.0349 e. The van der Waals surface area contributed by atoms with Gasteiger partial charge in [0.25, 0.3) is 0 Å². The first-order chi connectivity index (χ1) is 8.16. The molecule has 2 saturated carbocycles. The van der Waals surface area contributed by atoms with Crippen LogP contribution < -0.4 is 0 Å². The predicted molar refractivity (Wildman–Crippen MR) is 76.2 cm³/mol. The van der Waals surface area contributed by atoms with Crippen molar-refractivity contribution in [3.05, 3.63) is 0 Å². The first-order valence-corrected chi connectivity index (χ1v) is 8.16. The molecule has 0 aromatic rings. The van der Waals surface area contributed by atoms with Crippen molar-refractivity contribution in [2.75, 3.05) is 0 Å². The second kappa shape index (κ2) is 6.25. The molecular formula is C17H32. The quantitative estimate of drug-likeness (QED) is 0.565. The molecule has 0 heteroatoms. The van der Waals surface area contributed by atoms with Crippen LogP contribution in [-0.2, 0) is 0 Å². The van der Waals surface area contributed by atoms with Crippen molar-refractivity contribution >= 4 is 0 Å². The van der Waals surface area contributed by atoms with Gasteiger partial charge in [-0.2, -0.15) is 0 Å². The normalized spacial score (nSPS) is 25.1. The van der Waals surface area contributed by atoms with E-state index in [2.05, 4.69) is 13.8 Å². The van der Waals surface area contributed by atoms with E-state index in [1.54, 1.807) is 0 Å². The summed E-state index contributed by atoms with van der Waals surface area (Å²) in [6, 6.07) is 0. The first kappa shape index (κ1) is 13.4. The maximum absolute atomic E-state index is 2.54. The van der Waals surface area contributed by atoms with Crippen LogP contribution in [0.15, 0.2) is 0 Å². The molecule has 0 heterocycles. The Labute approximate surface area is 109 Å². The molecule has 2 aliphatic rings. The largest absolute Gasteiger partial charge is 0.0599 e. The monoisotopic (exact) mass is 236 g/mol. The van der Waals surface area contributed by atoms with E-state index in [9.17, 15) is 0 Å². The van der Waals surface area contributed by atoms with Crippen molar-refractivity contribution in [2.45, 2.75) is 90.9 Å². The van der Waals surface area contributed by atoms with Crippen molar-refractivity contribution in [1.29, 1.82) is 0 Å². The van der Waals surface area contributed by atoms with E-state index < -0.39 is 0 Å². The van der Waals surface area contributed by atoms with Gasteiger partial charge in [0.2, 0.25) is 0 Å². The SMILES string of the molecule is CC(C)(CC1CCCCC1)CC1CCCCC1. The topological polar surface area (TPSA) is 0 Å². The van der Waals surface area contributed by atoms with Crippen LogP contribution in [-0.4, -0.2) is 0 Å². The summed E-state index contributed by atoms with van der Waals surface area (Å²) in [6.45, 7) is 5.08. The van der Waals surface area contributed by atoms with Crippen LogP contribution in [0.3, 0.4) is 0 Å². The standard InChI is InChI=1S/C17H32/c1-17(2,13-15-9-5-3-6-10-15)14-16-11-7-4-8-12-16/h15-16H,3-14H2,1-2H3. The Bertz CT molecular complexity index is 182. The van der Waals surface area contributed by atoms with Crippen LogP contribution in [0.4, 0.5) is 0 Å². The predicted octanol–water partition coefficient (Wildman–Crippen LogP) is 5.95. The molecule has 0 bridgehead atoms.